The summed E-state index contributed by atoms with van der Waals surface area (Å²) in [4.78, 5) is 35.6. The molecule has 0 bridgehead atoms. The second-order valence-corrected chi connectivity index (χ2v) is 6.94. The van der Waals surface area contributed by atoms with Crippen molar-refractivity contribution in [2.45, 2.75) is 39.7 Å². The third-order valence-corrected chi connectivity index (χ3v) is 4.26. The minimum absolute atomic E-state index is 0.00299. The van der Waals surface area contributed by atoms with Gasteiger partial charge in [-0.3, -0.25) is 14.4 Å². The standard InChI is InChI=1S/C18H24BrNO5/c1-11(2)12(3)20-17(22)10-25-18(23)8-6-15(21)14-9-13(19)5-7-16(14)24-4/h5,7,9,11-12H,6,8,10H2,1-4H3,(H,20,22)/t12-/m1/s1. The van der Waals surface area contributed by atoms with Crippen LogP contribution in [-0.2, 0) is 14.3 Å². The van der Waals surface area contributed by atoms with Crippen molar-refractivity contribution in [2.75, 3.05) is 13.7 Å². The number of amides is 1. The van der Waals surface area contributed by atoms with Crippen molar-refractivity contribution in [1.82, 2.24) is 5.32 Å². The van der Waals surface area contributed by atoms with E-state index in [1.165, 1.54) is 7.11 Å². The minimum atomic E-state index is -0.588. The van der Waals surface area contributed by atoms with E-state index in [-0.39, 0.29) is 43.1 Å². The Morgan fingerprint density at radius 1 is 1.16 bits per heavy atom. The van der Waals surface area contributed by atoms with Gasteiger partial charge < -0.3 is 14.8 Å². The van der Waals surface area contributed by atoms with Gasteiger partial charge in [-0.15, -0.1) is 0 Å². The van der Waals surface area contributed by atoms with Crippen molar-refractivity contribution in [3.05, 3.63) is 28.2 Å². The van der Waals surface area contributed by atoms with Crippen LogP contribution in [0.4, 0.5) is 0 Å². The van der Waals surface area contributed by atoms with Crippen LogP contribution in [0.25, 0.3) is 0 Å². The molecule has 0 fully saturated rings. The third-order valence-electron chi connectivity index (χ3n) is 3.77. The summed E-state index contributed by atoms with van der Waals surface area (Å²) < 4.78 is 10.8. The molecule has 0 aromatic heterocycles. The van der Waals surface area contributed by atoms with Crippen molar-refractivity contribution in [3.8, 4) is 5.75 Å². The van der Waals surface area contributed by atoms with E-state index in [4.69, 9.17) is 9.47 Å². The second-order valence-electron chi connectivity index (χ2n) is 6.03. The highest BCUT2D eigenvalue weighted by Gasteiger charge is 2.16. The highest BCUT2D eigenvalue weighted by molar-refractivity contribution is 9.10. The lowest BCUT2D eigenvalue weighted by Gasteiger charge is -2.17. The first kappa shape index (κ1) is 21.2. The molecule has 6 nitrogen and oxygen atoms in total. The van der Waals surface area contributed by atoms with Crippen LogP contribution < -0.4 is 10.1 Å². The molecule has 138 valence electrons. The smallest absolute Gasteiger partial charge is 0.306 e. The Labute approximate surface area is 156 Å². The van der Waals surface area contributed by atoms with Crippen LogP contribution in [0.2, 0.25) is 0 Å². The van der Waals surface area contributed by atoms with Gasteiger partial charge in [-0.1, -0.05) is 29.8 Å². The van der Waals surface area contributed by atoms with Gasteiger partial charge in [-0.25, -0.2) is 0 Å². The van der Waals surface area contributed by atoms with Crippen LogP contribution in [0.1, 0.15) is 44.0 Å². The quantitative estimate of drug-likeness (QED) is 0.496. The fraction of sp³-hybridized carbons (Fsp3) is 0.500. The predicted molar refractivity (Wildman–Crippen MR) is 97.7 cm³/mol. The minimum Gasteiger partial charge on any atom is -0.496 e. The number of nitrogens with one attached hydrogen (secondary N) is 1. The number of hydrogen-bond acceptors (Lipinski definition) is 5. The van der Waals surface area contributed by atoms with Crippen LogP contribution in [0.15, 0.2) is 22.7 Å². The molecule has 1 atom stereocenters. The number of carbonyl (C=O) groups excluding carboxylic acids is 3. The number of esters is 1. The maximum absolute atomic E-state index is 12.3. The van der Waals surface area contributed by atoms with E-state index in [2.05, 4.69) is 21.2 Å². The molecule has 0 spiro atoms. The molecule has 1 aromatic rings. The molecule has 0 radical (unpaired) electrons. The molecule has 0 aliphatic carbocycles. The first-order valence-corrected chi connectivity index (χ1v) is 8.85. The number of ketones is 1. The maximum atomic E-state index is 12.3. The largest absolute Gasteiger partial charge is 0.496 e. The van der Waals surface area contributed by atoms with Gasteiger partial charge in [0.25, 0.3) is 5.91 Å². The molecule has 0 aliphatic rings. The van der Waals surface area contributed by atoms with Gasteiger partial charge >= 0.3 is 5.97 Å². The zero-order valence-corrected chi connectivity index (χ0v) is 16.5. The first-order chi connectivity index (χ1) is 11.7. The van der Waals surface area contributed by atoms with Gasteiger partial charge in [-0.2, -0.15) is 0 Å². The molecule has 0 saturated carbocycles. The highest BCUT2D eigenvalue weighted by atomic mass is 79.9. The van der Waals surface area contributed by atoms with Crippen LogP contribution in [0.5, 0.6) is 5.75 Å². The number of ether oxygens (including phenoxy) is 2. The lowest BCUT2D eigenvalue weighted by molar-refractivity contribution is -0.148. The van der Waals surface area contributed by atoms with Crippen LogP contribution in [-0.4, -0.2) is 37.4 Å². The van der Waals surface area contributed by atoms with Gasteiger partial charge in [0.1, 0.15) is 5.75 Å². The molecular weight excluding hydrogens is 390 g/mol. The summed E-state index contributed by atoms with van der Waals surface area (Å²) in [5.41, 5.74) is 0.396. The molecule has 25 heavy (non-hydrogen) atoms. The van der Waals surface area contributed by atoms with Gasteiger partial charge in [0.15, 0.2) is 12.4 Å². The summed E-state index contributed by atoms with van der Waals surface area (Å²) in [7, 11) is 1.48. The summed E-state index contributed by atoms with van der Waals surface area (Å²) in [6.07, 6.45) is -0.114. The summed E-state index contributed by atoms with van der Waals surface area (Å²) in [6, 6.07) is 5.08. The lowest BCUT2D eigenvalue weighted by Crippen LogP contribution is -2.38. The average molecular weight is 414 g/mol. The Balaban J connectivity index is 2.45. The number of carbonyl (C=O) groups is 3. The zero-order valence-electron chi connectivity index (χ0n) is 14.9. The van der Waals surface area contributed by atoms with Crippen LogP contribution in [0, 0.1) is 5.92 Å². The molecule has 0 saturated heterocycles. The Hall–Kier alpha value is -1.89. The first-order valence-electron chi connectivity index (χ1n) is 8.06. The highest BCUT2D eigenvalue weighted by Crippen LogP contribution is 2.24. The predicted octanol–water partition coefficient (Wildman–Crippen LogP) is 3.12. The van der Waals surface area contributed by atoms with Crippen LogP contribution in [0.3, 0.4) is 0 Å². The monoisotopic (exact) mass is 413 g/mol. The fourth-order valence-corrected chi connectivity index (χ4v) is 2.29. The Kier molecular flexibility index (Phi) is 8.61. The van der Waals surface area contributed by atoms with E-state index in [1.807, 2.05) is 20.8 Å². The normalized spacial score (nSPS) is 11.8. The van der Waals surface area contributed by atoms with Gasteiger partial charge in [0.05, 0.1) is 19.1 Å². The van der Waals surface area contributed by atoms with Crippen molar-refractivity contribution < 1.29 is 23.9 Å². The van der Waals surface area contributed by atoms with Gasteiger partial charge in [-0.05, 0) is 31.0 Å². The summed E-state index contributed by atoms with van der Waals surface area (Å²) >= 11 is 3.30. The van der Waals surface area contributed by atoms with E-state index >= 15 is 0 Å². The number of rotatable bonds is 9. The van der Waals surface area contributed by atoms with Gasteiger partial charge in [0.2, 0.25) is 0 Å². The summed E-state index contributed by atoms with van der Waals surface area (Å²) in [6.45, 7) is 5.51. The molecule has 0 aliphatic heterocycles. The molecule has 1 amide bonds. The summed E-state index contributed by atoms with van der Waals surface area (Å²) in [5.74, 6) is -0.432. The topological polar surface area (TPSA) is 81.7 Å². The van der Waals surface area contributed by atoms with Crippen molar-refractivity contribution in [3.63, 3.8) is 0 Å². The average Bonchev–Trinajstić information content (AvgIpc) is 2.57. The Morgan fingerprint density at radius 2 is 1.84 bits per heavy atom. The number of hydrogen-bond donors (Lipinski definition) is 1. The maximum Gasteiger partial charge on any atom is 0.306 e. The molecular formula is C18H24BrNO5. The van der Waals surface area contributed by atoms with Crippen LogP contribution >= 0.6 is 15.9 Å². The molecule has 0 heterocycles. The van der Waals surface area contributed by atoms with E-state index < -0.39 is 5.97 Å². The molecule has 1 aromatic carbocycles. The number of methoxy groups -OCH3 is 1. The fourth-order valence-electron chi connectivity index (χ4n) is 1.93. The van der Waals surface area contributed by atoms with E-state index in [0.717, 1.165) is 4.47 Å². The van der Waals surface area contributed by atoms with E-state index in [0.29, 0.717) is 11.3 Å². The molecule has 1 rings (SSSR count). The van der Waals surface area contributed by atoms with Crippen molar-refractivity contribution >= 4 is 33.6 Å². The number of benzene rings is 1. The second kappa shape index (κ2) is 10.2. The van der Waals surface area contributed by atoms with Crippen molar-refractivity contribution in [1.29, 1.82) is 0 Å². The molecule has 7 heteroatoms. The lowest BCUT2D eigenvalue weighted by atomic mass is 10.1. The number of halogens is 1. The third kappa shape index (κ3) is 7.25. The Bertz CT molecular complexity index is 630. The molecule has 0 unspecified atom stereocenters. The molecule has 1 N–H and O–H groups in total. The Morgan fingerprint density at radius 3 is 2.44 bits per heavy atom. The van der Waals surface area contributed by atoms with E-state index in [9.17, 15) is 14.4 Å². The zero-order chi connectivity index (χ0) is 19.0. The van der Waals surface area contributed by atoms with Gasteiger partial charge in [0, 0.05) is 16.9 Å². The van der Waals surface area contributed by atoms with Crippen molar-refractivity contribution in [2.24, 2.45) is 5.92 Å². The number of Topliss-reactive ketones (excluding diaryl/α,β-unsaturated/α-hetero) is 1. The van der Waals surface area contributed by atoms with E-state index in [1.54, 1.807) is 18.2 Å². The SMILES string of the molecule is COc1ccc(Br)cc1C(=O)CCC(=O)OCC(=O)N[C@H](C)C(C)C. The summed E-state index contributed by atoms with van der Waals surface area (Å²) in [5, 5.41) is 2.74.